The number of carbonyl (C=O) groups is 1. The lowest BCUT2D eigenvalue weighted by Gasteiger charge is -2.29. The van der Waals surface area contributed by atoms with E-state index in [0.717, 1.165) is 0 Å². The highest BCUT2D eigenvalue weighted by Crippen LogP contribution is 2.14. The molecule has 0 aromatic heterocycles. The topological polar surface area (TPSA) is 55.8 Å². The maximum absolute atomic E-state index is 11.5. The van der Waals surface area contributed by atoms with E-state index in [4.69, 9.17) is 8.85 Å². The molecular weight excluding hydrogens is 212 g/mol. The number of rotatable bonds is 7. The second-order valence-electron chi connectivity index (χ2n) is 3.19. The number of hydrogen-bond donors (Lipinski definition) is 1. The van der Waals surface area contributed by atoms with Gasteiger partial charge in [0.05, 0.1) is 0 Å². The van der Waals surface area contributed by atoms with Gasteiger partial charge in [-0.25, -0.2) is 0 Å². The molecule has 88 valence electrons. The fraction of sp³-hybridized carbons (Fsp3) is 0.700. The first-order valence-electron chi connectivity index (χ1n) is 5.14. The predicted octanol–water partition coefficient (Wildman–Crippen LogP) is 1.18. The Balaban J connectivity index is 4.66. The molecule has 1 atom stereocenters. The molecular formula is C10H20O4Si. The van der Waals surface area contributed by atoms with Crippen LogP contribution in [0, 0.1) is 0 Å². The third-order valence-corrected chi connectivity index (χ3v) is 4.96. The highest BCUT2D eigenvalue weighted by molar-refractivity contribution is 6.71. The van der Waals surface area contributed by atoms with Crippen LogP contribution in [0.4, 0.5) is 0 Å². The molecule has 0 amide bonds. The van der Waals surface area contributed by atoms with Crippen molar-refractivity contribution in [1.82, 2.24) is 0 Å². The fourth-order valence-corrected chi connectivity index (χ4v) is 3.45. The molecule has 0 aromatic rings. The van der Waals surface area contributed by atoms with Crippen LogP contribution in [-0.4, -0.2) is 38.4 Å². The maximum atomic E-state index is 11.5. The van der Waals surface area contributed by atoms with Gasteiger partial charge < -0.3 is 14.0 Å². The van der Waals surface area contributed by atoms with Crippen molar-refractivity contribution in [3.63, 3.8) is 0 Å². The Hall–Kier alpha value is -0.493. The summed E-state index contributed by atoms with van der Waals surface area (Å²) in [5.41, 5.74) is -1.16. The monoisotopic (exact) mass is 232 g/mol. The van der Waals surface area contributed by atoms with E-state index in [2.05, 4.69) is 0 Å². The average molecular weight is 232 g/mol. The van der Waals surface area contributed by atoms with Gasteiger partial charge >= 0.3 is 8.56 Å². The van der Waals surface area contributed by atoms with Gasteiger partial charge in [-0.2, -0.15) is 0 Å². The van der Waals surface area contributed by atoms with E-state index < -0.39 is 14.3 Å². The number of hydrogen-bond acceptors (Lipinski definition) is 4. The number of ketones is 1. The lowest BCUT2D eigenvalue weighted by atomic mass is 10.4. The van der Waals surface area contributed by atoms with E-state index in [9.17, 15) is 9.90 Å². The van der Waals surface area contributed by atoms with E-state index >= 15 is 0 Å². The molecule has 0 bridgehead atoms. The first-order chi connectivity index (χ1) is 7.01. The van der Waals surface area contributed by atoms with E-state index in [1.807, 2.05) is 13.8 Å². The number of carbonyl (C=O) groups excluding carboxylic acids is 1. The zero-order chi connectivity index (χ0) is 11.9. The second-order valence-corrected chi connectivity index (χ2v) is 6.34. The van der Waals surface area contributed by atoms with Gasteiger partial charge in [-0.1, -0.05) is 6.08 Å². The van der Waals surface area contributed by atoms with Crippen LogP contribution in [0.3, 0.4) is 0 Å². The molecule has 0 spiro atoms. The Labute approximate surface area is 92.1 Å². The highest BCUT2D eigenvalue weighted by atomic mass is 28.4. The Kier molecular flexibility index (Phi) is 6.67. The Morgan fingerprint density at radius 2 is 1.87 bits per heavy atom. The molecule has 15 heavy (non-hydrogen) atoms. The summed E-state index contributed by atoms with van der Waals surface area (Å²) >= 11 is 0. The van der Waals surface area contributed by atoms with Crippen molar-refractivity contribution in [3.8, 4) is 0 Å². The van der Waals surface area contributed by atoms with Crippen LogP contribution in [0.15, 0.2) is 12.2 Å². The summed E-state index contributed by atoms with van der Waals surface area (Å²) in [4.78, 5) is 11.5. The molecule has 1 unspecified atom stereocenters. The maximum Gasteiger partial charge on any atom is 0.372 e. The van der Waals surface area contributed by atoms with Crippen LogP contribution in [0.25, 0.3) is 0 Å². The van der Waals surface area contributed by atoms with Crippen molar-refractivity contribution in [1.29, 1.82) is 0 Å². The van der Waals surface area contributed by atoms with Gasteiger partial charge in [-0.3, -0.25) is 4.79 Å². The molecule has 0 aliphatic carbocycles. The minimum absolute atomic E-state index is 0.353. The van der Waals surface area contributed by atoms with E-state index in [-0.39, 0.29) is 5.78 Å². The number of allylic oxidation sites excluding steroid dienone is 1. The van der Waals surface area contributed by atoms with E-state index in [0.29, 0.717) is 13.2 Å². The van der Waals surface area contributed by atoms with Crippen LogP contribution < -0.4 is 0 Å². The number of aliphatic hydroxyl groups excluding tert-OH is 1. The standard InChI is InChI=1S/C10H20O4Si/c1-5-8-9(11)10(12)15(4,13-6-2)14-7-3/h5,8,10,12H,6-7H2,1-4H3. The Morgan fingerprint density at radius 1 is 1.40 bits per heavy atom. The lowest BCUT2D eigenvalue weighted by molar-refractivity contribution is -0.120. The molecule has 0 aliphatic heterocycles. The van der Waals surface area contributed by atoms with Crippen molar-refractivity contribution >= 4 is 14.3 Å². The summed E-state index contributed by atoms with van der Waals surface area (Å²) in [6.45, 7) is 7.93. The SMILES string of the molecule is CC=CC(=O)C(O)[Si](C)(OCC)OCC. The van der Waals surface area contributed by atoms with Crippen LogP contribution >= 0.6 is 0 Å². The fourth-order valence-electron chi connectivity index (χ4n) is 1.29. The summed E-state index contributed by atoms with van der Waals surface area (Å²) in [5.74, 6) is -0.353. The van der Waals surface area contributed by atoms with Crippen LogP contribution in [0.1, 0.15) is 20.8 Å². The van der Waals surface area contributed by atoms with Gasteiger partial charge in [-0.15, -0.1) is 0 Å². The molecule has 0 saturated heterocycles. The first kappa shape index (κ1) is 14.5. The zero-order valence-corrected chi connectivity index (χ0v) is 10.8. The van der Waals surface area contributed by atoms with Gasteiger partial charge in [0.2, 0.25) is 0 Å². The van der Waals surface area contributed by atoms with Gasteiger partial charge in [-0.05, 0) is 33.4 Å². The van der Waals surface area contributed by atoms with Crippen molar-refractivity contribution in [2.45, 2.75) is 33.0 Å². The van der Waals surface area contributed by atoms with Crippen LogP contribution in [0.5, 0.6) is 0 Å². The van der Waals surface area contributed by atoms with E-state index in [1.165, 1.54) is 6.08 Å². The van der Waals surface area contributed by atoms with E-state index in [1.54, 1.807) is 19.5 Å². The third kappa shape index (κ3) is 4.25. The van der Waals surface area contributed by atoms with Gasteiger partial charge in [0, 0.05) is 13.2 Å². The smallest absolute Gasteiger partial charge is 0.372 e. The molecule has 1 N–H and O–H groups in total. The van der Waals surface area contributed by atoms with Gasteiger partial charge in [0.25, 0.3) is 0 Å². The summed E-state index contributed by atoms with van der Waals surface area (Å²) < 4.78 is 10.8. The highest BCUT2D eigenvalue weighted by Gasteiger charge is 2.43. The Morgan fingerprint density at radius 3 is 2.20 bits per heavy atom. The summed E-state index contributed by atoms with van der Waals surface area (Å²) in [6.07, 6.45) is 2.94. The quantitative estimate of drug-likeness (QED) is 0.529. The lowest BCUT2D eigenvalue weighted by Crippen LogP contribution is -2.54. The van der Waals surface area contributed by atoms with Crippen LogP contribution in [0.2, 0.25) is 6.55 Å². The summed E-state index contributed by atoms with van der Waals surface area (Å²) in [6, 6.07) is 0. The molecule has 0 fully saturated rings. The predicted molar refractivity (Wildman–Crippen MR) is 60.7 cm³/mol. The molecule has 4 nitrogen and oxygen atoms in total. The summed E-state index contributed by atoms with van der Waals surface area (Å²) in [7, 11) is -2.80. The van der Waals surface area contributed by atoms with Crippen molar-refractivity contribution in [2.75, 3.05) is 13.2 Å². The van der Waals surface area contributed by atoms with Crippen molar-refractivity contribution in [3.05, 3.63) is 12.2 Å². The van der Waals surface area contributed by atoms with Crippen LogP contribution in [-0.2, 0) is 13.6 Å². The normalized spacial score (nSPS) is 14.5. The molecule has 0 rings (SSSR count). The van der Waals surface area contributed by atoms with Crippen molar-refractivity contribution in [2.24, 2.45) is 0 Å². The summed E-state index contributed by atoms with van der Waals surface area (Å²) in [5, 5.41) is 9.84. The molecule has 0 saturated carbocycles. The minimum Gasteiger partial charge on any atom is -0.393 e. The molecule has 0 heterocycles. The largest absolute Gasteiger partial charge is 0.393 e. The Bertz CT molecular complexity index is 221. The minimum atomic E-state index is -2.80. The average Bonchev–Trinajstić information content (AvgIpc) is 2.17. The second kappa shape index (κ2) is 6.89. The first-order valence-corrected chi connectivity index (χ1v) is 7.53. The number of aliphatic hydroxyl groups is 1. The molecule has 0 aliphatic rings. The van der Waals surface area contributed by atoms with Gasteiger partial charge in [0.1, 0.15) is 0 Å². The van der Waals surface area contributed by atoms with Crippen molar-refractivity contribution < 1.29 is 18.8 Å². The zero-order valence-electron chi connectivity index (χ0n) is 9.82. The third-order valence-electron chi connectivity index (χ3n) is 1.96. The molecule has 0 aromatic carbocycles. The van der Waals surface area contributed by atoms with Gasteiger partial charge in [0.15, 0.2) is 11.5 Å². The molecule has 0 radical (unpaired) electrons. The molecule has 5 heteroatoms.